The number of rotatable bonds is 2. The van der Waals surface area contributed by atoms with Gasteiger partial charge in [0.05, 0.1) is 11.8 Å². The summed E-state index contributed by atoms with van der Waals surface area (Å²) in [6.45, 7) is 4.48. The van der Waals surface area contributed by atoms with Crippen molar-refractivity contribution in [3.63, 3.8) is 0 Å². The molecule has 2 atom stereocenters. The molecule has 2 saturated heterocycles. The van der Waals surface area contributed by atoms with Crippen molar-refractivity contribution in [3.8, 4) is 11.3 Å². The highest BCUT2D eigenvalue weighted by atomic mass is 16.3. The maximum Gasteiger partial charge on any atom is 0.162 e. The number of anilines is 1. The first-order valence-corrected chi connectivity index (χ1v) is 8.52. The molecule has 24 heavy (non-hydrogen) atoms. The summed E-state index contributed by atoms with van der Waals surface area (Å²) in [6, 6.07) is 12.2. The first-order chi connectivity index (χ1) is 11.8. The van der Waals surface area contributed by atoms with Crippen LogP contribution in [0.25, 0.3) is 22.3 Å². The molecule has 2 aromatic heterocycles. The number of benzene rings is 1. The minimum atomic E-state index is 0.737. The molecule has 0 N–H and O–H groups in total. The van der Waals surface area contributed by atoms with Gasteiger partial charge in [0.25, 0.3) is 0 Å². The summed E-state index contributed by atoms with van der Waals surface area (Å²) in [7, 11) is 2.21. The van der Waals surface area contributed by atoms with Crippen LogP contribution in [0.3, 0.4) is 0 Å². The maximum absolute atomic E-state index is 6.06. The van der Waals surface area contributed by atoms with Gasteiger partial charge in [0, 0.05) is 31.6 Å². The Morgan fingerprint density at radius 2 is 1.83 bits per heavy atom. The topological polar surface area (TPSA) is 45.4 Å². The van der Waals surface area contributed by atoms with Crippen molar-refractivity contribution >= 4 is 16.8 Å². The van der Waals surface area contributed by atoms with Crippen LogP contribution in [0.5, 0.6) is 0 Å². The predicted molar refractivity (Wildman–Crippen MR) is 93.9 cm³/mol. The molecular formula is C19H20N4O. The Hall–Kier alpha value is -2.40. The normalized spacial score (nSPS) is 24.0. The monoisotopic (exact) mass is 320 g/mol. The van der Waals surface area contributed by atoms with Crippen molar-refractivity contribution in [1.29, 1.82) is 0 Å². The number of para-hydroxylation sites is 1. The van der Waals surface area contributed by atoms with Gasteiger partial charge >= 0.3 is 0 Å². The second-order valence-electron chi connectivity index (χ2n) is 7.06. The lowest BCUT2D eigenvalue weighted by atomic mass is 10.0. The second kappa shape index (κ2) is 5.31. The minimum absolute atomic E-state index is 0.737. The third kappa shape index (κ3) is 2.19. The fourth-order valence-electron chi connectivity index (χ4n) is 4.27. The number of furan rings is 1. The number of fused-ring (bicyclic) bond motifs is 2. The van der Waals surface area contributed by atoms with Gasteiger partial charge in [0.15, 0.2) is 5.82 Å². The fraction of sp³-hybridized carbons (Fsp3) is 0.368. The molecule has 2 aliphatic rings. The summed E-state index contributed by atoms with van der Waals surface area (Å²) >= 11 is 0. The lowest BCUT2D eigenvalue weighted by Crippen LogP contribution is -2.27. The van der Waals surface area contributed by atoms with Crippen LogP contribution < -0.4 is 4.90 Å². The van der Waals surface area contributed by atoms with Crippen molar-refractivity contribution in [3.05, 3.63) is 42.6 Å². The highest BCUT2D eigenvalue weighted by Crippen LogP contribution is 2.38. The molecule has 122 valence electrons. The number of aromatic nitrogens is 2. The Kier molecular flexibility index (Phi) is 3.10. The van der Waals surface area contributed by atoms with Crippen molar-refractivity contribution < 1.29 is 4.42 Å². The Morgan fingerprint density at radius 1 is 1.04 bits per heavy atom. The number of likely N-dealkylation sites (tertiary alicyclic amines) is 1. The number of hydrogen-bond acceptors (Lipinski definition) is 5. The molecule has 2 unspecified atom stereocenters. The minimum Gasteiger partial charge on any atom is -0.456 e. The molecule has 1 aromatic carbocycles. The van der Waals surface area contributed by atoms with E-state index in [1.165, 1.54) is 13.1 Å². The molecule has 5 nitrogen and oxygen atoms in total. The van der Waals surface area contributed by atoms with Crippen LogP contribution in [-0.4, -0.2) is 48.3 Å². The van der Waals surface area contributed by atoms with Gasteiger partial charge in [0.2, 0.25) is 0 Å². The first kappa shape index (κ1) is 14.0. The van der Waals surface area contributed by atoms with Crippen LogP contribution in [0.15, 0.2) is 47.0 Å². The van der Waals surface area contributed by atoms with Crippen LogP contribution in [0.2, 0.25) is 0 Å². The standard InChI is InChI=1S/C19H20N4O/c1-22-9-14-11-23(12-15(14)10-22)19-16(6-7-20-21-19)18-8-13-4-2-3-5-17(13)24-18/h2-8,14-15H,9-12H2,1H3. The number of hydrogen-bond donors (Lipinski definition) is 0. The zero-order chi connectivity index (χ0) is 16.1. The highest BCUT2D eigenvalue weighted by Gasteiger charge is 2.39. The molecule has 0 bridgehead atoms. The predicted octanol–water partition coefficient (Wildman–Crippen LogP) is 2.89. The second-order valence-corrected chi connectivity index (χ2v) is 7.06. The van der Waals surface area contributed by atoms with E-state index in [0.717, 1.165) is 53.0 Å². The molecule has 0 amide bonds. The molecule has 3 aromatic rings. The Labute approximate surface area is 140 Å². The molecule has 2 aliphatic heterocycles. The van der Waals surface area contributed by atoms with Crippen molar-refractivity contribution in [2.24, 2.45) is 11.8 Å². The van der Waals surface area contributed by atoms with Crippen LogP contribution in [-0.2, 0) is 0 Å². The molecule has 2 fully saturated rings. The molecular weight excluding hydrogens is 300 g/mol. The maximum atomic E-state index is 6.06. The average molecular weight is 320 g/mol. The van der Waals surface area contributed by atoms with Crippen LogP contribution in [0.1, 0.15) is 0 Å². The van der Waals surface area contributed by atoms with Gasteiger partial charge < -0.3 is 14.2 Å². The lowest BCUT2D eigenvalue weighted by molar-refractivity contribution is 0.387. The molecule has 0 saturated carbocycles. The smallest absolute Gasteiger partial charge is 0.162 e. The van der Waals surface area contributed by atoms with E-state index >= 15 is 0 Å². The van der Waals surface area contributed by atoms with E-state index in [1.54, 1.807) is 6.20 Å². The molecule has 4 heterocycles. The van der Waals surface area contributed by atoms with Crippen LogP contribution in [0, 0.1) is 11.8 Å². The van der Waals surface area contributed by atoms with E-state index in [2.05, 4.69) is 39.2 Å². The summed E-state index contributed by atoms with van der Waals surface area (Å²) in [5, 5.41) is 9.71. The first-order valence-electron chi connectivity index (χ1n) is 8.52. The van der Waals surface area contributed by atoms with E-state index in [0.29, 0.717) is 0 Å². The van der Waals surface area contributed by atoms with E-state index < -0.39 is 0 Å². The number of nitrogens with zero attached hydrogens (tertiary/aromatic N) is 4. The van der Waals surface area contributed by atoms with Crippen molar-refractivity contribution in [1.82, 2.24) is 15.1 Å². The SMILES string of the molecule is CN1CC2CN(c3nnccc3-c3cc4ccccc4o3)CC2C1. The van der Waals surface area contributed by atoms with E-state index in [-0.39, 0.29) is 0 Å². The van der Waals surface area contributed by atoms with Gasteiger partial charge in [0.1, 0.15) is 11.3 Å². The van der Waals surface area contributed by atoms with Crippen LogP contribution >= 0.6 is 0 Å². The molecule has 5 heteroatoms. The third-order valence-electron chi connectivity index (χ3n) is 5.36. The lowest BCUT2D eigenvalue weighted by Gasteiger charge is -2.21. The van der Waals surface area contributed by atoms with Gasteiger partial charge in [-0.15, -0.1) is 5.10 Å². The fourth-order valence-corrected chi connectivity index (χ4v) is 4.27. The largest absolute Gasteiger partial charge is 0.456 e. The van der Waals surface area contributed by atoms with Gasteiger partial charge in [-0.05, 0) is 37.1 Å². The third-order valence-corrected chi connectivity index (χ3v) is 5.36. The summed E-state index contributed by atoms with van der Waals surface area (Å²) in [5.74, 6) is 3.30. The Balaban J connectivity index is 1.52. The van der Waals surface area contributed by atoms with Crippen molar-refractivity contribution in [2.45, 2.75) is 0 Å². The van der Waals surface area contributed by atoms with E-state index in [9.17, 15) is 0 Å². The Morgan fingerprint density at radius 3 is 2.62 bits per heavy atom. The van der Waals surface area contributed by atoms with Crippen LogP contribution in [0.4, 0.5) is 5.82 Å². The summed E-state index contributed by atoms with van der Waals surface area (Å²) in [5.41, 5.74) is 1.95. The molecule has 5 rings (SSSR count). The van der Waals surface area contributed by atoms with E-state index in [4.69, 9.17) is 4.42 Å². The molecule has 0 radical (unpaired) electrons. The summed E-state index contributed by atoms with van der Waals surface area (Å²) in [4.78, 5) is 4.82. The molecule has 0 aliphatic carbocycles. The zero-order valence-electron chi connectivity index (χ0n) is 13.7. The van der Waals surface area contributed by atoms with Gasteiger partial charge in [-0.3, -0.25) is 0 Å². The van der Waals surface area contributed by atoms with Gasteiger partial charge in [-0.25, -0.2) is 0 Å². The Bertz CT molecular complexity index is 843. The quantitative estimate of drug-likeness (QED) is 0.726. The molecule has 0 spiro atoms. The van der Waals surface area contributed by atoms with Crippen molar-refractivity contribution in [2.75, 3.05) is 38.1 Å². The van der Waals surface area contributed by atoms with E-state index in [1.807, 2.05) is 24.3 Å². The van der Waals surface area contributed by atoms with Gasteiger partial charge in [-0.2, -0.15) is 5.10 Å². The summed E-state index contributed by atoms with van der Waals surface area (Å²) in [6.07, 6.45) is 1.75. The highest BCUT2D eigenvalue weighted by molar-refractivity contribution is 5.85. The average Bonchev–Trinajstić information content (AvgIpc) is 3.26. The van der Waals surface area contributed by atoms with Gasteiger partial charge in [-0.1, -0.05) is 18.2 Å². The zero-order valence-corrected chi connectivity index (χ0v) is 13.7. The summed E-state index contributed by atoms with van der Waals surface area (Å²) < 4.78 is 6.06.